The Morgan fingerprint density at radius 2 is 2.00 bits per heavy atom. The van der Waals surface area contributed by atoms with Crippen LogP contribution in [0.15, 0.2) is 18.2 Å². The first-order chi connectivity index (χ1) is 8.70. The van der Waals surface area contributed by atoms with Gasteiger partial charge in [-0.25, -0.2) is 8.78 Å². The average molecular weight is 254 g/mol. The number of nitrogens with one attached hydrogen (secondary N) is 1. The number of piperidine rings is 1. The molecule has 0 amide bonds. The lowest BCUT2D eigenvalue weighted by Gasteiger charge is -2.32. The van der Waals surface area contributed by atoms with Crippen molar-refractivity contribution in [2.45, 2.75) is 32.2 Å². The zero-order chi connectivity index (χ0) is 13.0. The van der Waals surface area contributed by atoms with Crippen molar-refractivity contribution in [3.8, 4) is 0 Å². The smallest absolute Gasteiger partial charge is 0.181 e. The lowest BCUT2D eigenvalue weighted by molar-refractivity contribution is 0.219. The van der Waals surface area contributed by atoms with Crippen molar-refractivity contribution < 1.29 is 8.78 Å². The minimum Gasteiger partial charge on any atom is -0.380 e. The Balaban J connectivity index is 1.90. The van der Waals surface area contributed by atoms with Gasteiger partial charge in [0.25, 0.3) is 0 Å². The molecule has 0 radical (unpaired) electrons. The number of hydrogen-bond acceptors (Lipinski definition) is 2. The van der Waals surface area contributed by atoms with Gasteiger partial charge >= 0.3 is 0 Å². The summed E-state index contributed by atoms with van der Waals surface area (Å²) in [5, 5.41) is 3.11. The fraction of sp³-hybridized carbons (Fsp3) is 0.571. The van der Waals surface area contributed by atoms with Crippen LogP contribution in [0.2, 0.25) is 0 Å². The van der Waals surface area contributed by atoms with Gasteiger partial charge in [-0.15, -0.1) is 0 Å². The SMILES string of the molecule is CCCN1CCC(Nc2cccc(F)c2F)CC1. The van der Waals surface area contributed by atoms with E-state index in [1.165, 1.54) is 6.07 Å². The van der Waals surface area contributed by atoms with Gasteiger partial charge in [-0.05, 0) is 37.9 Å². The number of anilines is 1. The Kier molecular flexibility index (Phi) is 4.53. The van der Waals surface area contributed by atoms with Gasteiger partial charge in [-0.2, -0.15) is 0 Å². The number of nitrogens with zero attached hydrogens (tertiary/aromatic N) is 1. The van der Waals surface area contributed by atoms with Crippen LogP contribution in [0.25, 0.3) is 0 Å². The predicted octanol–water partition coefficient (Wildman–Crippen LogP) is 3.25. The van der Waals surface area contributed by atoms with Gasteiger partial charge in [0.05, 0.1) is 5.69 Å². The molecule has 18 heavy (non-hydrogen) atoms. The van der Waals surface area contributed by atoms with Gasteiger partial charge in [0.2, 0.25) is 0 Å². The van der Waals surface area contributed by atoms with Gasteiger partial charge in [-0.1, -0.05) is 13.0 Å². The predicted molar refractivity (Wildman–Crippen MR) is 69.7 cm³/mol. The minimum absolute atomic E-state index is 0.245. The quantitative estimate of drug-likeness (QED) is 0.887. The lowest BCUT2D eigenvalue weighted by atomic mass is 10.0. The zero-order valence-electron chi connectivity index (χ0n) is 10.8. The summed E-state index contributed by atoms with van der Waals surface area (Å²) in [6.45, 7) is 5.36. The third-order valence-electron chi connectivity index (χ3n) is 3.44. The van der Waals surface area contributed by atoms with Crippen molar-refractivity contribution in [1.82, 2.24) is 4.90 Å². The van der Waals surface area contributed by atoms with Crippen LogP contribution in [-0.2, 0) is 0 Å². The molecule has 2 rings (SSSR count). The highest BCUT2D eigenvalue weighted by Gasteiger charge is 2.19. The standard InChI is InChI=1S/C14H20F2N2/c1-2-8-18-9-6-11(7-10-18)17-13-5-3-4-12(15)14(13)16/h3-5,11,17H,2,6-10H2,1H3. The van der Waals surface area contributed by atoms with Crippen molar-refractivity contribution in [2.24, 2.45) is 0 Å². The second kappa shape index (κ2) is 6.14. The molecule has 0 aromatic heterocycles. The maximum Gasteiger partial charge on any atom is 0.181 e. The van der Waals surface area contributed by atoms with Gasteiger partial charge < -0.3 is 10.2 Å². The van der Waals surface area contributed by atoms with E-state index in [0.29, 0.717) is 0 Å². The third-order valence-corrected chi connectivity index (χ3v) is 3.44. The molecule has 1 heterocycles. The van der Waals surface area contributed by atoms with E-state index in [9.17, 15) is 8.78 Å². The fourth-order valence-electron chi connectivity index (χ4n) is 2.45. The first-order valence-corrected chi connectivity index (χ1v) is 6.63. The highest BCUT2D eigenvalue weighted by atomic mass is 19.2. The first kappa shape index (κ1) is 13.3. The van der Waals surface area contributed by atoms with Crippen LogP contribution in [-0.4, -0.2) is 30.6 Å². The largest absolute Gasteiger partial charge is 0.380 e. The molecular formula is C14H20F2N2. The Bertz CT molecular complexity index is 387. The van der Waals surface area contributed by atoms with Crippen LogP contribution in [0.1, 0.15) is 26.2 Å². The molecule has 1 saturated heterocycles. The van der Waals surface area contributed by atoms with E-state index in [0.717, 1.165) is 45.0 Å². The fourth-order valence-corrected chi connectivity index (χ4v) is 2.45. The summed E-state index contributed by atoms with van der Waals surface area (Å²) in [6, 6.07) is 4.52. The molecule has 1 aromatic carbocycles. The average Bonchev–Trinajstić information content (AvgIpc) is 2.38. The molecule has 0 bridgehead atoms. The zero-order valence-corrected chi connectivity index (χ0v) is 10.8. The summed E-state index contributed by atoms with van der Waals surface area (Å²) >= 11 is 0. The topological polar surface area (TPSA) is 15.3 Å². The van der Waals surface area contributed by atoms with E-state index in [1.54, 1.807) is 6.07 Å². The van der Waals surface area contributed by atoms with Gasteiger partial charge in [-0.3, -0.25) is 0 Å². The molecule has 1 aliphatic heterocycles. The van der Waals surface area contributed by atoms with Crippen molar-refractivity contribution in [2.75, 3.05) is 25.0 Å². The van der Waals surface area contributed by atoms with E-state index in [4.69, 9.17) is 0 Å². The normalized spacial score (nSPS) is 17.9. The van der Waals surface area contributed by atoms with Gasteiger partial charge in [0, 0.05) is 19.1 Å². The van der Waals surface area contributed by atoms with E-state index in [2.05, 4.69) is 17.1 Å². The summed E-state index contributed by atoms with van der Waals surface area (Å²) in [6.07, 6.45) is 3.13. The molecule has 1 N–H and O–H groups in total. The molecule has 0 aliphatic carbocycles. The van der Waals surface area contributed by atoms with Crippen LogP contribution in [0.4, 0.5) is 14.5 Å². The summed E-state index contributed by atoms with van der Waals surface area (Å²) in [7, 11) is 0. The monoisotopic (exact) mass is 254 g/mol. The molecule has 0 atom stereocenters. The molecule has 0 unspecified atom stereocenters. The van der Waals surface area contributed by atoms with E-state index >= 15 is 0 Å². The number of rotatable bonds is 4. The first-order valence-electron chi connectivity index (χ1n) is 6.63. The van der Waals surface area contributed by atoms with Crippen molar-refractivity contribution >= 4 is 5.69 Å². The Labute approximate surface area is 107 Å². The van der Waals surface area contributed by atoms with Crippen LogP contribution < -0.4 is 5.32 Å². The van der Waals surface area contributed by atoms with Gasteiger partial charge in [0.1, 0.15) is 0 Å². The highest BCUT2D eigenvalue weighted by molar-refractivity contribution is 5.45. The van der Waals surface area contributed by atoms with E-state index < -0.39 is 11.6 Å². The second-order valence-corrected chi connectivity index (χ2v) is 4.86. The van der Waals surface area contributed by atoms with E-state index in [1.807, 2.05) is 0 Å². The molecule has 0 saturated carbocycles. The Morgan fingerprint density at radius 1 is 1.28 bits per heavy atom. The van der Waals surface area contributed by atoms with E-state index in [-0.39, 0.29) is 11.7 Å². The lowest BCUT2D eigenvalue weighted by Crippen LogP contribution is -2.39. The third kappa shape index (κ3) is 3.19. The number of halogens is 2. The summed E-state index contributed by atoms with van der Waals surface area (Å²) in [4.78, 5) is 2.42. The second-order valence-electron chi connectivity index (χ2n) is 4.86. The molecule has 1 fully saturated rings. The number of benzene rings is 1. The molecule has 1 aliphatic rings. The van der Waals surface area contributed by atoms with Crippen LogP contribution in [0.3, 0.4) is 0 Å². The highest BCUT2D eigenvalue weighted by Crippen LogP contribution is 2.21. The van der Waals surface area contributed by atoms with Crippen LogP contribution in [0, 0.1) is 11.6 Å². The minimum atomic E-state index is -0.789. The molecule has 1 aromatic rings. The number of likely N-dealkylation sites (tertiary alicyclic amines) is 1. The number of hydrogen-bond donors (Lipinski definition) is 1. The molecular weight excluding hydrogens is 234 g/mol. The van der Waals surface area contributed by atoms with Crippen LogP contribution in [0.5, 0.6) is 0 Å². The summed E-state index contributed by atoms with van der Waals surface area (Å²) in [5.74, 6) is -1.56. The molecule has 4 heteroatoms. The maximum absolute atomic E-state index is 13.5. The van der Waals surface area contributed by atoms with Crippen molar-refractivity contribution in [3.05, 3.63) is 29.8 Å². The molecule has 100 valence electrons. The molecule has 0 spiro atoms. The van der Waals surface area contributed by atoms with Crippen molar-refractivity contribution in [3.63, 3.8) is 0 Å². The summed E-state index contributed by atoms with van der Waals surface area (Å²) < 4.78 is 26.6. The maximum atomic E-state index is 13.5. The Morgan fingerprint density at radius 3 is 2.67 bits per heavy atom. The summed E-state index contributed by atoms with van der Waals surface area (Å²) in [5.41, 5.74) is 0.281. The Hall–Kier alpha value is -1.16. The van der Waals surface area contributed by atoms with Crippen LogP contribution >= 0.6 is 0 Å². The van der Waals surface area contributed by atoms with Crippen molar-refractivity contribution in [1.29, 1.82) is 0 Å². The van der Waals surface area contributed by atoms with Gasteiger partial charge in [0.15, 0.2) is 11.6 Å². The molecule has 2 nitrogen and oxygen atoms in total.